The van der Waals surface area contributed by atoms with Gasteiger partial charge < -0.3 is 10.2 Å². The van der Waals surface area contributed by atoms with Crippen molar-refractivity contribution in [2.45, 2.75) is 128 Å². The molecule has 0 aliphatic carbocycles. The van der Waals surface area contributed by atoms with Crippen molar-refractivity contribution in [1.82, 2.24) is 0 Å². The molecule has 0 saturated heterocycles. The molecule has 0 amide bonds. The third kappa shape index (κ3) is 11.3. The molecule has 2 N–H and O–H groups in total. The second kappa shape index (κ2) is 19.4. The van der Waals surface area contributed by atoms with Crippen molar-refractivity contribution in [3.05, 3.63) is 72.8 Å². The summed E-state index contributed by atoms with van der Waals surface area (Å²) in [6.07, 6.45) is 21.9. The van der Waals surface area contributed by atoms with E-state index < -0.39 is 19.9 Å². The van der Waals surface area contributed by atoms with Crippen LogP contribution in [0.3, 0.4) is 0 Å². The molecule has 206 valence electrons. The van der Waals surface area contributed by atoms with Gasteiger partial charge in [-0.05, 0) is 18.9 Å². The van der Waals surface area contributed by atoms with Crippen molar-refractivity contribution < 1.29 is 10.2 Å². The summed E-state index contributed by atoms with van der Waals surface area (Å²) in [5.74, 6) is 0. The van der Waals surface area contributed by atoms with Crippen molar-refractivity contribution in [3.63, 3.8) is 0 Å². The van der Waals surface area contributed by atoms with Gasteiger partial charge in [0, 0.05) is 6.42 Å². The highest BCUT2D eigenvalue weighted by molar-refractivity contribution is 7.03. The standard InChI is InChI=1S/C34H54O2Si/c1-3-5-7-8-9-10-11-12-13-14-15-16-19-24-31(35)30-34(36)37(29-6-4-2,32-25-20-17-21-26-32)33-27-22-18-23-28-33/h17-28,31,34-36H,3-16,29-30H2,1-2H3. The van der Waals surface area contributed by atoms with Crippen LogP contribution in [0.15, 0.2) is 72.8 Å². The Morgan fingerprint density at radius 1 is 0.622 bits per heavy atom. The van der Waals surface area contributed by atoms with Gasteiger partial charge in [-0.2, -0.15) is 0 Å². The average Bonchev–Trinajstić information content (AvgIpc) is 2.93. The number of aliphatic hydroxyl groups is 2. The van der Waals surface area contributed by atoms with Crippen LogP contribution in [-0.2, 0) is 0 Å². The summed E-state index contributed by atoms with van der Waals surface area (Å²) in [4.78, 5) is 0. The van der Waals surface area contributed by atoms with E-state index in [1.54, 1.807) is 0 Å². The number of hydrogen-bond donors (Lipinski definition) is 2. The molecule has 0 spiro atoms. The van der Waals surface area contributed by atoms with Gasteiger partial charge in [0.1, 0.15) is 8.07 Å². The van der Waals surface area contributed by atoms with Crippen LogP contribution in [0.4, 0.5) is 0 Å². The van der Waals surface area contributed by atoms with Crippen LogP contribution in [0, 0.1) is 0 Å². The first-order chi connectivity index (χ1) is 18.1. The number of rotatable bonds is 21. The maximum atomic E-state index is 11.7. The molecule has 0 bridgehead atoms. The normalized spacial score (nSPS) is 13.7. The van der Waals surface area contributed by atoms with Crippen LogP contribution in [0.1, 0.15) is 110 Å². The maximum Gasteiger partial charge on any atom is 0.148 e. The predicted molar refractivity (Wildman–Crippen MR) is 164 cm³/mol. The summed E-state index contributed by atoms with van der Waals surface area (Å²) in [7, 11) is -2.46. The van der Waals surface area contributed by atoms with E-state index in [1.165, 1.54) is 81.0 Å². The molecule has 37 heavy (non-hydrogen) atoms. The fourth-order valence-electron chi connectivity index (χ4n) is 5.62. The molecule has 0 fully saturated rings. The molecule has 0 aromatic heterocycles. The summed E-state index contributed by atoms with van der Waals surface area (Å²) >= 11 is 0. The number of unbranched alkanes of at least 4 members (excludes halogenated alkanes) is 12. The summed E-state index contributed by atoms with van der Waals surface area (Å²) < 4.78 is 0. The minimum atomic E-state index is -2.46. The first-order valence-corrected chi connectivity index (χ1v) is 17.6. The van der Waals surface area contributed by atoms with E-state index in [9.17, 15) is 10.2 Å². The van der Waals surface area contributed by atoms with Gasteiger partial charge in [0.25, 0.3) is 0 Å². The Balaban J connectivity index is 1.84. The van der Waals surface area contributed by atoms with E-state index in [0.29, 0.717) is 6.42 Å². The first-order valence-electron chi connectivity index (χ1n) is 15.3. The van der Waals surface area contributed by atoms with Gasteiger partial charge in [0.15, 0.2) is 0 Å². The molecule has 0 aliphatic rings. The highest BCUT2D eigenvalue weighted by Gasteiger charge is 2.43. The first kappa shape index (κ1) is 31.5. The van der Waals surface area contributed by atoms with Gasteiger partial charge in [0.05, 0.1) is 11.8 Å². The Labute approximate surface area is 229 Å². The third-order valence-electron chi connectivity index (χ3n) is 7.87. The molecule has 2 nitrogen and oxygen atoms in total. The van der Waals surface area contributed by atoms with E-state index in [4.69, 9.17) is 0 Å². The van der Waals surface area contributed by atoms with Crippen LogP contribution >= 0.6 is 0 Å². The van der Waals surface area contributed by atoms with Crippen LogP contribution in [0.25, 0.3) is 0 Å². The molecule has 2 atom stereocenters. The lowest BCUT2D eigenvalue weighted by molar-refractivity contribution is 0.145. The predicted octanol–water partition coefficient (Wildman–Crippen LogP) is 7.96. The van der Waals surface area contributed by atoms with E-state index in [0.717, 1.165) is 25.3 Å². The molecule has 2 aromatic carbocycles. The molecule has 3 heteroatoms. The van der Waals surface area contributed by atoms with Crippen molar-refractivity contribution in [3.8, 4) is 0 Å². The van der Waals surface area contributed by atoms with E-state index in [1.807, 2.05) is 18.2 Å². The van der Waals surface area contributed by atoms with Gasteiger partial charge >= 0.3 is 0 Å². The van der Waals surface area contributed by atoms with Gasteiger partial charge in [-0.1, -0.05) is 174 Å². The highest BCUT2D eigenvalue weighted by atomic mass is 28.3. The molecule has 0 aliphatic heterocycles. The van der Waals surface area contributed by atoms with Crippen molar-refractivity contribution >= 4 is 18.4 Å². The molecule has 0 heterocycles. The van der Waals surface area contributed by atoms with Crippen molar-refractivity contribution in [2.75, 3.05) is 0 Å². The van der Waals surface area contributed by atoms with Crippen LogP contribution in [0.2, 0.25) is 6.04 Å². The second-order valence-electron chi connectivity index (χ2n) is 10.9. The highest BCUT2D eigenvalue weighted by Crippen LogP contribution is 2.23. The minimum Gasteiger partial charge on any atom is -0.396 e. The van der Waals surface area contributed by atoms with Gasteiger partial charge in [-0.25, -0.2) is 0 Å². The lowest BCUT2D eigenvalue weighted by Gasteiger charge is -2.38. The zero-order valence-corrected chi connectivity index (χ0v) is 24.8. The van der Waals surface area contributed by atoms with Crippen molar-refractivity contribution in [2.24, 2.45) is 0 Å². The minimum absolute atomic E-state index is 0.397. The van der Waals surface area contributed by atoms with Gasteiger partial charge in [-0.15, -0.1) is 0 Å². The Hall–Kier alpha value is -1.68. The molecule has 2 unspecified atom stereocenters. The topological polar surface area (TPSA) is 40.5 Å². The second-order valence-corrected chi connectivity index (χ2v) is 15.1. The molecule has 0 saturated carbocycles. The molecule has 0 radical (unpaired) electrons. The third-order valence-corrected chi connectivity index (χ3v) is 13.1. The van der Waals surface area contributed by atoms with E-state index >= 15 is 0 Å². The van der Waals surface area contributed by atoms with Crippen LogP contribution < -0.4 is 10.4 Å². The fourth-order valence-corrected chi connectivity index (χ4v) is 10.8. The fraction of sp³-hybridized carbons (Fsp3) is 0.588. The van der Waals surface area contributed by atoms with Crippen molar-refractivity contribution in [1.29, 1.82) is 0 Å². The smallest absolute Gasteiger partial charge is 0.148 e. The lowest BCUT2D eigenvalue weighted by atomic mass is 10.1. The zero-order valence-electron chi connectivity index (χ0n) is 23.8. The summed E-state index contributed by atoms with van der Waals surface area (Å²) in [5.41, 5.74) is -0.537. The van der Waals surface area contributed by atoms with Gasteiger partial charge in [-0.3, -0.25) is 0 Å². The molecule has 2 rings (SSSR count). The molecular weight excluding hydrogens is 468 g/mol. The quantitative estimate of drug-likeness (QED) is 0.0991. The Kier molecular flexibility index (Phi) is 16.5. The summed E-state index contributed by atoms with van der Waals surface area (Å²) in [6.45, 7) is 4.49. The largest absolute Gasteiger partial charge is 0.396 e. The van der Waals surface area contributed by atoms with E-state index in [-0.39, 0.29) is 0 Å². The van der Waals surface area contributed by atoms with Crippen LogP contribution in [-0.4, -0.2) is 30.1 Å². The molecule has 2 aromatic rings. The van der Waals surface area contributed by atoms with Crippen LogP contribution in [0.5, 0.6) is 0 Å². The van der Waals surface area contributed by atoms with Gasteiger partial charge in [0.2, 0.25) is 0 Å². The van der Waals surface area contributed by atoms with E-state index in [2.05, 4.69) is 68.5 Å². The average molecular weight is 523 g/mol. The number of benzene rings is 2. The Morgan fingerprint density at radius 3 is 1.57 bits per heavy atom. The zero-order chi connectivity index (χ0) is 26.6. The summed E-state index contributed by atoms with van der Waals surface area (Å²) in [6, 6.07) is 22.2. The maximum absolute atomic E-state index is 11.7. The number of allylic oxidation sites excluding steroid dienone is 1. The summed E-state index contributed by atoms with van der Waals surface area (Å²) in [5, 5.41) is 25.1. The Morgan fingerprint density at radius 2 is 1.08 bits per heavy atom. The lowest BCUT2D eigenvalue weighted by Crippen LogP contribution is -2.67. The monoisotopic (exact) mass is 522 g/mol. The number of aliphatic hydroxyl groups excluding tert-OH is 2. The Bertz CT molecular complexity index is 781. The molecular formula is C34H54O2Si. The number of hydrogen-bond acceptors (Lipinski definition) is 2. The SMILES string of the molecule is CCCCCCCCCCCCCC=CC(O)CC(O)[Si](CCCC)(c1ccccc1)c1ccccc1.